The van der Waals surface area contributed by atoms with Gasteiger partial charge >= 0.3 is 0 Å². The van der Waals surface area contributed by atoms with Gasteiger partial charge in [0.1, 0.15) is 5.75 Å². The number of nitrogens with one attached hydrogen (secondary N) is 1. The molecular weight excluding hydrogens is 416 g/mol. The van der Waals surface area contributed by atoms with E-state index in [2.05, 4.69) is 14.8 Å². The SMILES string of the molecule is COc1ccc(-n2c(C)cc(C(=O)Nc3ccccc3CN3CCCC3C(N)=O)c2C)cc1. The van der Waals surface area contributed by atoms with Crippen molar-refractivity contribution in [1.82, 2.24) is 9.47 Å². The molecule has 7 heteroatoms. The Labute approximate surface area is 194 Å². The number of nitrogens with zero attached hydrogens (tertiary/aromatic N) is 2. The highest BCUT2D eigenvalue weighted by Crippen LogP contribution is 2.26. The number of amides is 2. The van der Waals surface area contributed by atoms with Crippen LogP contribution in [0.1, 0.15) is 40.2 Å². The summed E-state index contributed by atoms with van der Waals surface area (Å²) in [6.07, 6.45) is 1.72. The van der Waals surface area contributed by atoms with Gasteiger partial charge in [0.2, 0.25) is 5.91 Å². The van der Waals surface area contributed by atoms with Crippen molar-refractivity contribution in [2.45, 2.75) is 39.3 Å². The highest BCUT2D eigenvalue weighted by molar-refractivity contribution is 6.05. The standard InChI is InChI=1S/C26H30N4O3/c1-17-15-22(18(2)30(17)20-10-12-21(33-3)13-11-20)26(32)28-23-8-5-4-7-19(23)16-29-14-6-9-24(29)25(27)31/h4-5,7-8,10-13,15,24H,6,9,14,16H2,1-3H3,(H2,27,31)(H,28,32). The predicted molar refractivity (Wildman–Crippen MR) is 129 cm³/mol. The summed E-state index contributed by atoms with van der Waals surface area (Å²) < 4.78 is 7.31. The molecule has 2 heterocycles. The summed E-state index contributed by atoms with van der Waals surface area (Å²) >= 11 is 0. The summed E-state index contributed by atoms with van der Waals surface area (Å²) in [5, 5.41) is 3.08. The van der Waals surface area contributed by atoms with Crippen molar-refractivity contribution < 1.29 is 14.3 Å². The smallest absolute Gasteiger partial charge is 0.257 e. The van der Waals surface area contributed by atoms with Crippen LogP contribution in [0.5, 0.6) is 5.75 Å². The van der Waals surface area contributed by atoms with E-state index >= 15 is 0 Å². The monoisotopic (exact) mass is 446 g/mol. The van der Waals surface area contributed by atoms with Crippen molar-refractivity contribution in [2.24, 2.45) is 5.73 Å². The van der Waals surface area contributed by atoms with Gasteiger partial charge in [-0.15, -0.1) is 0 Å². The molecule has 1 saturated heterocycles. The Morgan fingerprint density at radius 3 is 2.55 bits per heavy atom. The topological polar surface area (TPSA) is 89.6 Å². The van der Waals surface area contributed by atoms with Crippen LogP contribution < -0.4 is 15.8 Å². The summed E-state index contributed by atoms with van der Waals surface area (Å²) in [6.45, 7) is 5.31. The Kier molecular flexibility index (Phi) is 6.51. The predicted octanol–water partition coefficient (Wildman–Crippen LogP) is 3.80. The fourth-order valence-corrected chi connectivity index (χ4v) is 4.65. The summed E-state index contributed by atoms with van der Waals surface area (Å²) in [5.74, 6) is 0.329. The molecule has 0 aliphatic carbocycles. The molecular formula is C26H30N4O3. The molecule has 1 unspecified atom stereocenters. The van der Waals surface area contributed by atoms with Crippen LogP contribution in [0, 0.1) is 13.8 Å². The summed E-state index contributed by atoms with van der Waals surface area (Å²) in [6, 6.07) is 17.1. The first-order valence-corrected chi connectivity index (χ1v) is 11.1. The number of primary amides is 1. The Morgan fingerprint density at radius 1 is 1.12 bits per heavy atom. The molecule has 1 aliphatic heterocycles. The molecule has 0 saturated carbocycles. The first-order chi connectivity index (χ1) is 15.9. The van der Waals surface area contributed by atoms with Crippen LogP contribution in [-0.2, 0) is 11.3 Å². The van der Waals surface area contributed by atoms with Gasteiger partial charge in [0, 0.05) is 29.3 Å². The fourth-order valence-electron chi connectivity index (χ4n) is 4.65. The summed E-state index contributed by atoms with van der Waals surface area (Å²) in [5.41, 5.74) is 10.7. The van der Waals surface area contributed by atoms with E-state index in [0.29, 0.717) is 12.1 Å². The van der Waals surface area contributed by atoms with Crippen LogP contribution >= 0.6 is 0 Å². The first kappa shape index (κ1) is 22.6. The third-order valence-corrected chi connectivity index (χ3v) is 6.34. The third-order valence-electron chi connectivity index (χ3n) is 6.34. The van der Waals surface area contributed by atoms with Crippen molar-refractivity contribution in [3.05, 3.63) is 77.1 Å². The molecule has 1 aromatic heterocycles. The first-order valence-electron chi connectivity index (χ1n) is 11.1. The molecule has 0 bridgehead atoms. The van der Waals surface area contributed by atoms with Gasteiger partial charge in [-0.3, -0.25) is 14.5 Å². The van der Waals surface area contributed by atoms with Gasteiger partial charge in [-0.25, -0.2) is 0 Å². The number of benzene rings is 2. The lowest BCUT2D eigenvalue weighted by molar-refractivity contribution is -0.122. The van der Waals surface area contributed by atoms with E-state index in [1.165, 1.54) is 0 Å². The minimum absolute atomic E-state index is 0.164. The quantitative estimate of drug-likeness (QED) is 0.578. The molecule has 33 heavy (non-hydrogen) atoms. The van der Waals surface area contributed by atoms with Gasteiger partial charge in [-0.1, -0.05) is 18.2 Å². The van der Waals surface area contributed by atoms with Crippen molar-refractivity contribution in [3.63, 3.8) is 0 Å². The highest BCUT2D eigenvalue weighted by atomic mass is 16.5. The van der Waals surface area contributed by atoms with Crippen LogP contribution in [0.2, 0.25) is 0 Å². The number of hydrogen-bond donors (Lipinski definition) is 2. The van der Waals surface area contributed by atoms with E-state index in [1.807, 2.05) is 68.4 Å². The lowest BCUT2D eigenvalue weighted by Crippen LogP contribution is -2.39. The Balaban J connectivity index is 1.56. The van der Waals surface area contributed by atoms with Crippen LogP contribution in [0.15, 0.2) is 54.6 Å². The number of methoxy groups -OCH3 is 1. The van der Waals surface area contributed by atoms with E-state index in [1.54, 1.807) is 7.11 Å². The number of para-hydroxylation sites is 1. The molecule has 3 aromatic rings. The van der Waals surface area contributed by atoms with E-state index in [9.17, 15) is 9.59 Å². The number of aryl methyl sites for hydroxylation is 1. The zero-order chi connectivity index (χ0) is 23.5. The van der Waals surface area contributed by atoms with Gasteiger partial charge in [-0.05, 0) is 75.2 Å². The lowest BCUT2D eigenvalue weighted by Gasteiger charge is -2.23. The Hall–Kier alpha value is -3.58. The van der Waals surface area contributed by atoms with Crippen molar-refractivity contribution in [1.29, 1.82) is 0 Å². The number of aromatic nitrogens is 1. The van der Waals surface area contributed by atoms with Crippen molar-refractivity contribution in [2.75, 3.05) is 19.0 Å². The van der Waals surface area contributed by atoms with E-state index in [-0.39, 0.29) is 17.9 Å². The molecule has 1 fully saturated rings. The number of ether oxygens (including phenoxy) is 1. The summed E-state index contributed by atoms with van der Waals surface area (Å²) in [7, 11) is 1.64. The lowest BCUT2D eigenvalue weighted by atomic mass is 10.1. The zero-order valence-corrected chi connectivity index (χ0v) is 19.3. The number of nitrogens with two attached hydrogens (primary N) is 1. The average molecular weight is 447 g/mol. The Bertz CT molecular complexity index is 1170. The molecule has 0 spiro atoms. The van der Waals surface area contributed by atoms with Crippen LogP contribution in [0.3, 0.4) is 0 Å². The molecule has 7 nitrogen and oxygen atoms in total. The maximum absolute atomic E-state index is 13.3. The largest absolute Gasteiger partial charge is 0.497 e. The Morgan fingerprint density at radius 2 is 1.85 bits per heavy atom. The van der Waals surface area contributed by atoms with Gasteiger partial charge < -0.3 is 20.4 Å². The second kappa shape index (κ2) is 9.50. The third kappa shape index (κ3) is 4.64. The molecule has 0 radical (unpaired) electrons. The second-order valence-electron chi connectivity index (χ2n) is 8.46. The highest BCUT2D eigenvalue weighted by Gasteiger charge is 2.29. The number of rotatable bonds is 7. The number of carbonyl (C=O) groups excluding carboxylic acids is 2. The molecule has 4 rings (SSSR count). The van der Waals surface area contributed by atoms with Gasteiger partial charge in [0.05, 0.1) is 18.7 Å². The molecule has 2 amide bonds. The van der Waals surface area contributed by atoms with E-state index in [4.69, 9.17) is 10.5 Å². The number of hydrogen-bond acceptors (Lipinski definition) is 4. The fraction of sp³-hybridized carbons (Fsp3) is 0.308. The van der Waals surface area contributed by atoms with Crippen LogP contribution in [0.25, 0.3) is 5.69 Å². The van der Waals surface area contributed by atoms with Crippen LogP contribution in [-0.4, -0.2) is 41.0 Å². The number of likely N-dealkylation sites (tertiary alicyclic amines) is 1. The van der Waals surface area contributed by atoms with Gasteiger partial charge in [0.15, 0.2) is 0 Å². The van der Waals surface area contributed by atoms with Gasteiger partial charge in [0.25, 0.3) is 5.91 Å². The van der Waals surface area contributed by atoms with Crippen molar-refractivity contribution in [3.8, 4) is 11.4 Å². The second-order valence-corrected chi connectivity index (χ2v) is 8.46. The molecule has 1 atom stereocenters. The van der Waals surface area contributed by atoms with Gasteiger partial charge in [-0.2, -0.15) is 0 Å². The molecule has 1 aliphatic rings. The van der Waals surface area contributed by atoms with Crippen molar-refractivity contribution >= 4 is 17.5 Å². The maximum Gasteiger partial charge on any atom is 0.257 e. The average Bonchev–Trinajstić information content (AvgIpc) is 3.39. The summed E-state index contributed by atoms with van der Waals surface area (Å²) in [4.78, 5) is 27.1. The minimum atomic E-state index is -0.292. The molecule has 3 N–H and O–H groups in total. The maximum atomic E-state index is 13.3. The zero-order valence-electron chi connectivity index (χ0n) is 19.3. The minimum Gasteiger partial charge on any atom is -0.497 e. The van der Waals surface area contributed by atoms with Crippen LogP contribution in [0.4, 0.5) is 5.69 Å². The number of carbonyl (C=O) groups is 2. The van der Waals surface area contributed by atoms with E-state index < -0.39 is 0 Å². The molecule has 2 aromatic carbocycles. The molecule has 172 valence electrons. The normalized spacial score (nSPS) is 16.0. The number of anilines is 1. The van der Waals surface area contributed by atoms with E-state index in [0.717, 1.165) is 53.5 Å².